The van der Waals surface area contributed by atoms with Crippen LogP contribution >= 0.6 is 11.5 Å². The van der Waals surface area contributed by atoms with Gasteiger partial charge in [0.25, 0.3) is 0 Å². The molecule has 1 heterocycles. The van der Waals surface area contributed by atoms with Crippen LogP contribution in [-0.4, -0.2) is 15.4 Å². The number of aromatic nitrogens is 1. The number of fused-ring (bicyclic) bond motifs is 1. The summed E-state index contributed by atoms with van der Waals surface area (Å²) >= 11 is 1.36. The summed E-state index contributed by atoms with van der Waals surface area (Å²) in [4.78, 5) is 11.3. The Kier molecular flexibility index (Phi) is 2.92. The first-order valence-electron chi connectivity index (χ1n) is 5.17. The third kappa shape index (κ3) is 1.80. The van der Waals surface area contributed by atoms with Gasteiger partial charge in [-0.15, -0.1) is 0 Å². The highest BCUT2D eigenvalue weighted by Crippen LogP contribution is 2.32. The van der Waals surface area contributed by atoms with E-state index in [4.69, 9.17) is 0 Å². The minimum atomic E-state index is -0.768. The third-order valence-electron chi connectivity index (χ3n) is 2.68. The number of aliphatic carboxylic acids is 1. The molecule has 0 aliphatic rings. The minimum absolute atomic E-state index is 0.0743. The molecule has 0 radical (unpaired) electrons. The number of carboxylic acids is 1. The van der Waals surface area contributed by atoms with E-state index < -0.39 is 11.9 Å². The largest absolute Gasteiger partial charge is 0.481 e. The summed E-state index contributed by atoms with van der Waals surface area (Å²) in [5, 5.41) is 10.3. The van der Waals surface area contributed by atoms with Gasteiger partial charge in [0.2, 0.25) is 0 Å². The van der Waals surface area contributed by atoms with Crippen LogP contribution in [0.1, 0.15) is 25.3 Å². The minimum Gasteiger partial charge on any atom is -0.481 e. The second-order valence-corrected chi connectivity index (χ2v) is 4.95. The standard InChI is InChI=1S/C12H13NO2S/c1-7(2)10(12(14)15)9-5-3-4-8-6-13-16-11(8)9/h3-7,10H,1-2H3,(H,14,15). The summed E-state index contributed by atoms with van der Waals surface area (Å²) in [6.07, 6.45) is 1.78. The SMILES string of the molecule is CC(C)C(C(=O)O)c1cccc2cnsc12. The lowest BCUT2D eigenvalue weighted by Gasteiger charge is -2.16. The number of hydrogen-bond acceptors (Lipinski definition) is 3. The molecule has 1 unspecified atom stereocenters. The predicted molar refractivity (Wildman–Crippen MR) is 64.8 cm³/mol. The molecule has 2 aromatic rings. The molecule has 1 N–H and O–H groups in total. The lowest BCUT2D eigenvalue weighted by Crippen LogP contribution is -2.17. The number of carbonyl (C=O) groups is 1. The molecule has 1 atom stereocenters. The second kappa shape index (κ2) is 4.22. The second-order valence-electron chi connectivity index (χ2n) is 4.15. The van der Waals surface area contributed by atoms with Gasteiger partial charge in [-0.2, -0.15) is 4.37 Å². The number of rotatable bonds is 3. The van der Waals surface area contributed by atoms with Crippen molar-refractivity contribution < 1.29 is 9.90 Å². The van der Waals surface area contributed by atoms with E-state index in [1.165, 1.54) is 11.5 Å². The maximum absolute atomic E-state index is 11.3. The highest BCUT2D eigenvalue weighted by atomic mass is 32.1. The zero-order valence-corrected chi connectivity index (χ0v) is 9.99. The summed E-state index contributed by atoms with van der Waals surface area (Å²) in [7, 11) is 0. The smallest absolute Gasteiger partial charge is 0.311 e. The molecule has 0 aliphatic carbocycles. The fraction of sp³-hybridized carbons (Fsp3) is 0.333. The highest BCUT2D eigenvalue weighted by molar-refractivity contribution is 7.13. The van der Waals surface area contributed by atoms with E-state index >= 15 is 0 Å². The zero-order chi connectivity index (χ0) is 11.7. The van der Waals surface area contributed by atoms with Crippen molar-refractivity contribution in [3.8, 4) is 0 Å². The van der Waals surface area contributed by atoms with Gasteiger partial charge in [-0.1, -0.05) is 32.0 Å². The van der Waals surface area contributed by atoms with Crippen LogP contribution in [0.4, 0.5) is 0 Å². The van der Waals surface area contributed by atoms with Gasteiger partial charge >= 0.3 is 5.97 Å². The molecule has 0 saturated carbocycles. The van der Waals surface area contributed by atoms with Crippen molar-refractivity contribution >= 4 is 27.6 Å². The Morgan fingerprint density at radius 3 is 2.81 bits per heavy atom. The van der Waals surface area contributed by atoms with Gasteiger partial charge < -0.3 is 5.11 Å². The Hall–Kier alpha value is -1.42. The monoisotopic (exact) mass is 235 g/mol. The maximum Gasteiger partial charge on any atom is 0.311 e. The quantitative estimate of drug-likeness (QED) is 0.889. The molecule has 3 nitrogen and oxygen atoms in total. The highest BCUT2D eigenvalue weighted by Gasteiger charge is 2.25. The molecule has 0 saturated heterocycles. The van der Waals surface area contributed by atoms with Crippen LogP contribution in [0.5, 0.6) is 0 Å². The summed E-state index contributed by atoms with van der Waals surface area (Å²) < 4.78 is 5.10. The Balaban J connectivity index is 2.60. The molecule has 0 amide bonds. The molecule has 2 rings (SSSR count). The summed E-state index contributed by atoms with van der Waals surface area (Å²) in [5.74, 6) is -1.15. The molecule has 1 aromatic heterocycles. The topological polar surface area (TPSA) is 50.2 Å². The molecule has 1 aromatic carbocycles. The molecule has 0 spiro atoms. The van der Waals surface area contributed by atoms with Gasteiger partial charge in [-0.3, -0.25) is 4.79 Å². The molecule has 16 heavy (non-hydrogen) atoms. The Morgan fingerprint density at radius 1 is 1.44 bits per heavy atom. The summed E-state index contributed by atoms with van der Waals surface area (Å²) in [6, 6.07) is 5.74. The molecule has 0 fully saturated rings. The van der Waals surface area contributed by atoms with Gasteiger partial charge in [0.1, 0.15) is 0 Å². The van der Waals surface area contributed by atoms with Crippen molar-refractivity contribution in [2.75, 3.05) is 0 Å². The van der Waals surface area contributed by atoms with E-state index in [1.807, 2.05) is 32.0 Å². The summed E-state index contributed by atoms with van der Waals surface area (Å²) in [6.45, 7) is 3.86. The zero-order valence-electron chi connectivity index (χ0n) is 9.18. The van der Waals surface area contributed by atoms with Gasteiger partial charge in [0.05, 0.1) is 10.6 Å². The molecule has 84 valence electrons. The average Bonchev–Trinajstić information content (AvgIpc) is 2.65. The van der Waals surface area contributed by atoms with Crippen molar-refractivity contribution in [2.45, 2.75) is 19.8 Å². The van der Waals surface area contributed by atoms with E-state index in [9.17, 15) is 9.90 Å². The van der Waals surface area contributed by atoms with Crippen molar-refractivity contribution in [3.05, 3.63) is 30.0 Å². The van der Waals surface area contributed by atoms with Crippen LogP contribution in [-0.2, 0) is 4.79 Å². The van der Waals surface area contributed by atoms with Crippen LogP contribution in [0.2, 0.25) is 0 Å². The fourth-order valence-electron chi connectivity index (χ4n) is 1.94. The Labute approximate surface area is 97.9 Å². The Morgan fingerprint density at radius 2 is 2.19 bits per heavy atom. The number of hydrogen-bond donors (Lipinski definition) is 1. The van der Waals surface area contributed by atoms with Crippen LogP contribution in [0, 0.1) is 5.92 Å². The van der Waals surface area contributed by atoms with E-state index in [0.717, 1.165) is 15.6 Å². The lowest BCUT2D eigenvalue weighted by molar-refractivity contribution is -0.139. The van der Waals surface area contributed by atoms with Crippen molar-refractivity contribution in [1.82, 2.24) is 4.37 Å². The van der Waals surface area contributed by atoms with Gasteiger partial charge in [0.15, 0.2) is 0 Å². The lowest BCUT2D eigenvalue weighted by atomic mass is 9.88. The first-order chi connectivity index (χ1) is 7.61. The third-order valence-corrected chi connectivity index (χ3v) is 3.54. The van der Waals surface area contributed by atoms with Crippen LogP contribution in [0.15, 0.2) is 24.4 Å². The molecule has 4 heteroatoms. The van der Waals surface area contributed by atoms with Crippen molar-refractivity contribution in [2.24, 2.45) is 5.92 Å². The van der Waals surface area contributed by atoms with Crippen molar-refractivity contribution in [1.29, 1.82) is 0 Å². The fourth-order valence-corrected chi connectivity index (χ4v) is 2.74. The number of carboxylic acid groups (broad SMARTS) is 1. The van der Waals surface area contributed by atoms with E-state index in [-0.39, 0.29) is 5.92 Å². The maximum atomic E-state index is 11.3. The first kappa shape index (κ1) is 11.1. The summed E-state index contributed by atoms with van der Waals surface area (Å²) in [5.41, 5.74) is 0.877. The predicted octanol–water partition coefficient (Wildman–Crippen LogP) is 3.12. The molecular weight excluding hydrogens is 222 g/mol. The molecule has 0 aliphatic heterocycles. The molecular formula is C12H13NO2S. The average molecular weight is 235 g/mol. The van der Waals surface area contributed by atoms with E-state index in [2.05, 4.69) is 4.37 Å². The van der Waals surface area contributed by atoms with Crippen LogP contribution < -0.4 is 0 Å². The number of benzene rings is 1. The van der Waals surface area contributed by atoms with Crippen LogP contribution in [0.3, 0.4) is 0 Å². The van der Waals surface area contributed by atoms with Gasteiger partial charge in [0, 0.05) is 11.6 Å². The van der Waals surface area contributed by atoms with E-state index in [1.54, 1.807) is 6.20 Å². The number of nitrogens with zero attached hydrogens (tertiary/aromatic N) is 1. The molecule has 0 bridgehead atoms. The van der Waals surface area contributed by atoms with Crippen LogP contribution in [0.25, 0.3) is 10.1 Å². The van der Waals surface area contributed by atoms with Gasteiger partial charge in [-0.25, -0.2) is 0 Å². The van der Waals surface area contributed by atoms with Gasteiger partial charge in [-0.05, 0) is 23.0 Å². The first-order valence-corrected chi connectivity index (χ1v) is 5.94. The normalized spacial score (nSPS) is 13.2. The van der Waals surface area contributed by atoms with E-state index in [0.29, 0.717) is 0 Å². The van der Waals surface area contributed by atoms with Crippen molar-refractivity contribution in [3.63, 3.8) is 0 Å². The Bertz CT molecular complexity index is 518.